The number of likely N-dealkylation sites (tertiary alicyclic amines) is 1. The highest BCUT2D eigenvalue weighted by molar-refractivity contribution is 5.72. The summed E-state index contributed by atoms with van der Waals surface area (Å²) in [6, 6.07) is 7.46. The predicted molar refractivity (Wildman–Crippen MR) is 87.3 cm³/mol. The molecule has 0 radical (unpaired) electrons. The van der Waals surface area contributed by atoms with E-state index in [0.717, 1.165) is 11.7 Å². The minimum atomic E-state index is -0.00287. The standard InChI is InChI=1S/C18H27N3O/c1-14(22)19-13-15-7-5-10-17(20-15)18-11-6-12-21(18)16-8-3-2-4-9-16/h5,7,10,16,18H,2-4,6,8-9,11-13H2,1H3,(H,19,22)/t18-/m0/s1. The third kappa shape index (κ3) is 3.67. The van der Waals surface area contributed by atoms with E-state index >= 15 is 0 Å². The molecule has 4 nitrogen and oxygen atoms in total. The van der Waals surface area contributed by atoms with Crippen molar-refractivity contribution in [2.24, 2.45) is 0 Å². The van der Waals surface area contributed by atoms with Gasteiger partial charge in [-0.2, -0.15) is 0 Å². The van der Waals surface area contributed by atoms with Gasteiger partial charge in [0.05, 0.1) is 24.0 Å². The average molecular weight is 301 g/mol. The van der Waals surface area contributed by atoms with Crippen LogP contribution in [0.3, 0.4) is 0 Å². The second-order valence-electron chi connectivity index (χ2n) is 6.65. The molecule has 1 saturated carbocycles. The van der Waals surface area contributed by atoms with Crippen LogP contribution in [0.5, 0.6) is 0 Å². The fourth-order valence-electron chi connectivity index (χ4n) is 3.95. The molecule has 4 heteroatoms. The topological polar surface area (TPSA) is 45.2 Å². The highest BCUT2D eigenvalue weighted by atomic mass is 16.1. The van der Waals surface area contributed by atoms with Crippen molar-refractivity contribution in [2.75, 3.05) is 6.54 Å². The Morgan fingerprint density at radius 1 is 1.23 bits per heavy atom. The van der Waals surface area contributed by atoms with Crippen molar-refractivity contribution in [1.29, 1.82) is 0 Å². The zero-order chi connectivity index (χ0) is 15.4. The molecule has 2 heterocycles. The van der Waals surface area contributed by atoms with E-state index in [0.29, 0.717) is 12.6 Å². The molecule has 2 aliphatic rings. The van der Waals surface area contributed by atoms with Crippen molar-refractivity contribution in [3.63, 3.8) is 0 Å². The Morgan fingerprint density at radius 2 is 2.05 bits per heavy atom. The van der Waals surface area contributed by atoms with E-state index < -0.39 is 0 Å². The lowest BCUT2D eigenvalue weighted by Crippen LogP contribution is -2.36. The fourth-order valence-corrected chi connectivity index (χ4v) is 3.95. The summed E-state index contributed by atoms with van der Waals surface area (Å²) < 4.78 is 0. The van der Waals surface area contributed by atoms with Gasteiger partial charge in [0.2, 0.25) is 5.91 Å². The number of pyridine rings is 1. The molecule has 1 aromatic rings. The van der Waals surface area contributed by atoms with Crippen LogP contribution in [0, 0.1) is 0 Å². The molecule has 3 rings (SSSR count). The molecule has 0 spiro atoms. The SMILES string of the molecule is CC(=O)NCc1cccc([C@@H]2CCCN2C2CCCCC2)n1. The molecule has 1 aromatic heterocycles. The maximum absolute atomic E-state index is 11.1. The van der Waals surface area contributed by atoms with Gasteiger partial charge in [-0.1, -0.05) is 25.3 Å². The molecule has 22 heavy (non-hydrogen) atoms. The van der Waals surface area contributed by atoms with Gasteiger partial charge in [0, 0.05) is 13.0 Å². The molecule has 2 fully saturated rings. The molecular formula is C18H27N3O. The number of amides is 1. The van der Waals surface area contributed by atoms with Crippen molar-refractivity contribution in [3.05, 3.63) is 29.6 Å². The maximum Gasteiger partial charge on any atom is 0.217 e. The second-order valence-corrected chi connectivity index (χ2v) is 6.65. The molecular weight excluding hydrogens is 274 g/mol. The molecule has 0 aromatic carbocycles. The largest absolute Gasteiger partial charge is 0.351 e. The molecule has 0 unspecified atom stereocenters. The highest BCUT2D eigenvalue weighted by Gasteiger charge is 2.33. The Labute approximate surface area is 133 Å². The highest BCUT2D eigenvalue weighted by Crippen LogP contribution is 2.36. The minimum Gasteiger partial charge on any atom is -0.351 e. The van der Waals surface area contributed by atoms with E-state index in [2.05, 4.69) is 22.3 Å². The smallest absolute Gasteiger partial charge is 0.217 e. The van der Waals surface area contributed by atoms with Crippen LogP contribution in [0.15, 0.2) is 18.2 Å². The second kappa shape index (κ2) is 7.23. The number of rotatable bonds is 4. The van der Waals surface area contributed by atoms with Gasteiger partial charge in [-0.3, -0.25) is 14.7 Å². The maximum atomic E-state index is 11.1. The minimum absolute atomic E-state index is 0.00287. The summed E-state index contributed by atoms with van der Waals surface area (Å²) >= 11 is 0. The van der Waals surface area contributed by atoms with Crippen molar-refractivity contribution >= 4 is 5.91 Å². The first-order valence-electron chi connectivity index (χ1n) is 8.70. The number of aromatic nitrogens is 1. The van der Waals surface area contributed by atoms with Crippen LogP contribution in [-0.2, 0) is 11.3 Å². The third-order valence-electron chi connectivity index (χ3n) is 5.03. The quantitative estimate of drug-likeness (QED) is 0.929. The number of carbonyl (C=O) groups excluding carboxylic acids is 1. The molecule has 1 aliphatic heterocycles. The Morgan fingerprint density at radius 3 is 2.82 bits per heavy atom. The van der Waals surface area contributed by atoms with Gasteiger partial charge >= 0.3 is 0 Å². The van der Waals surface area contributed by atoms with Gasteiger partial charge in [0.25, 0.3) is 0 Å². The van der Waals surface area contributed by atoms with Crippen LogP contribution in [0.4, 0.5) is 0 Å². The van der Waals surface area contributed by atoms with Crippen LogP contribution in [-0.4, -0.2) is 28.4 Å². The van der Waals surface area contributed by atoms with Gasteiger partial charge in [-0.25, -0.2) is 0 Å². The van der Waals surface area contributed by atoms with E-state index in [1.807, 2.05) is 6.07 Å². The first-order valence-corrected chi connectivity index (χ1v) is 8.70. The van der Waals surface area contributed by atoms with E-state index in [4.69, 9.17) is 4.98 Å². The Balaban J connectivity index is 1.71. The van der Waals surface area contributed by atoms with Gasteiger partial charge < -0.3 is 5.32 Å². The Kier molecular flexibility index (Phi) is 5.08. The summed E-state index contributed by atoms with van der Waals surface area (Å²) in [6.07, 6.45) is 9.35. The van der Waals surface area contributed by atoms with E-state index in [1.165, 1.54) is 57.2 Å². The van der Waals surface area contributed by atoms with Crippen LogP contribution >= 0.6 is 0 Å². The average Bonchev–Trinajstić information content (AvgIpc) is 3.04. The predicted octanol–water partition coefficient (Wildman–Crippen LogP) is 3.19. The van der Waals surface area contributed by atoms with Crippen LogP contribution < -0.4 is 5.32 Å². The number of carbonyl (C=O) groups is 1. The van der Waals surface area contributed by atoms with E-state index in [1.54, 1.807) is 6.92 Å². The van der Waals surface area contributed by atoms with Crippen molar-refractivity contribution in [1.82, 2.24) is 15.2 Å². The Bertz CT molecular complexity index is 511. The molecule has 1 amide bonds. The summed E-state index contributed by atoms with van der Waals surface area (Å²) in [7, 11) is 0. The molecule has 1 N–H and O–H groups in total. The summed E-state index contributed by atoms with van der Waals surface area (Å²) in [5.74, 6) is -0.00287. The molecule has 1 saturated heterocycles. The zero-order valence-corrected chi connectivity index (χ0v) is 13.6. The van der Waals surface area contributed by atoms with Gasteiger partial charge in [-0.05, 0) is 44.4 Å². The molecule has 0 bridgehead atoms. The normalized spacial score (nSPS) is 23.6. The fraction of sp³-hybridized carbons (Fsp3) is 0.667. The third-order valence-corrected chi connectivity index (χ3v) is 5.03. The lowest BCUT2D eigenvalue weighted by atomic mass is 9.93. The first kappa shape index (κ1) is 15.5. The summed E-state index contributed by atoms with van der Waals surface area (Å²) in [4.78, 5) is 18.6. The van der Waals surface area contributed by atoms with Gasteiger partial charge in [-0.15, -0.1) is 0 Å². The summed E-state index contributed by atoms with van der Waals surface area (Å²) in [6.45, 7) is 3.29. The number of nitrogens with zero attached hydrogens (tertiary/aromatic N) is 2. The monoisotopic (exact) mass is 301 g/mol. The number of hydrogen-bond acceptors (Lipinski definition) is 3. The van der Waals surface area contributed by atoms with Crippen molar-refractivity contribution < 1.29 is 4.79 Å². The molecule has 1 atom stereocenters. The lowest BCUT2D eigenvalue weighted by Gasteiger charge is -2.35. The number of nitrogens with one attached hydrogen (secondary N) is 1. The zero-order valence-electron chi connectivity index (χ0n) is 13.6. The first-order chi connectivity index (χ1) is 10.7. The molecule has 1 aliphatic carbocycles. The van der Waals surface area contributed by atoms with Crippen LogP contribution in [0.25, 0.3) is 0 Å². The van der Waals surface area contributed by atoms with Crippen LogP contribution in [0.1, 0.15) is 69.3 Å². The Hall–Kier alpha value is -1.42. The van der Waals surface area contributed by atoms with Gasteiger partial charge in [0.1, 0.15) is 0 Å². The van der Waals surface area contributed by atoms with Crippen molar-refractivity contribution in [3.8, 4) is 0 Å². The number of hydrogen-bond donors (Lipinski definition) is 1. The van der Waals surface area contributed by atoms with Crippen LogP contribution in [0.2, 0.25) is 0 Å². The molecule has 120 valence electrons. The van der Waals surface area contributed by atoms with Crippen molar-refractivity contribution in [2.45, 2.75) is 70.5 Å². The van der Waals surface area contributed by atoms with E-state index in [9.17, 15) is 4.79 Å². The van der Waals surface area contributed by atoms with E-state index in [-0.39, 0.29) is 5.91 Å². The summed E-state index contributed by atoms with van der Waals surface area (Å²) in [5, 5.41) is 2.84. The summed E-state index contributed by atoms with van der Waals surface area (Å²) in [5.41, 5.74) is 2.15. The lowest BCUT2D eigenvalue weighted by molar-refractivity contribution is -0.119. The van der Waals surface area contributed by atoms with Gasteiger partial charge in [0.15, 0.2) is 0 Å².